The van der Waals surface area contributed by atoms with Gasteiger partial charge in [-0.25, -0.2) is 4.79 Å². The maximum absolute atomic E-state index is 12.6. The summed E-state index contributed by atoms with van der Waals surface area (Å²) in [7, 11) is 0. The molecule has 0 aliphatic carbocycles. The number of carbonyl (C=O) groups excluding carboxylic acids is 2. The summed E-state index contributed by atoms with van der Waals surface area (Å²) in [5.41, 5.74) is 3.80. The van der Waals surface area contributed by atoms with Crippen LogP contribution in [0.5, 0.6) is 11.5 Å². The van der Waals surface area contributed by atoms with Crippen LogP contribution < -0.4 is 19.7 Å². The van der Waals surface area contributed by atoms with Crippen LogP contribution in [0.15, 0.2) is 36.4 Å². The molecule has 8 heteroatoms. The van der Waals surface area contributed by atoms with Gasteiger partial charge in [-0.15, -0.1) is 0 Å². The number of amides is 2. The van der Waals surface area contributed by atoms with Crippen LogP contribution in [0.3, 0.4) is 0 Å². The molecule has 0 aromatic heterocycles. The molecular formula is C23H25N3O5. The maximum Gasteiger partial charge on any atom is 0.414 e. The summed E-state index contributed by atoms with van der Waals surface area (Å²) in [5, 5.41) is 2.92. The minimum absolute atomic E-state index is 0.0702. The van der Waals surface area contributed by atoms with E-state index in [4.69, 9.17) is 14.2 Å². The fourth-order valence-electron chi connectivity index (χ4n) is 4.53. The smallest absolute Gasteiger partial charge is 0.414 e. The Morgan fingerprint density at radius 3 is 2.74 bits per heavy atom. The lowest BCUT2D eigenvalue weighted by Crippen LogP contribution is -2.50. The molecule has 1 N–H and O–H groups in total. The highest BCUT2D eigenvalue weighted by molar-refractivity contribution is 5.93. The number of nitrogens with zero attached hydrogens (tertiary/aromatic N) is 2. The molecule has 0 unspecified atom stereocenters. The van der Waals surface area contributed by atoms with Crippen molar-refractivity contribution in [3.8, 4) is 11.5 Å². The summed E-state index contributed by atoms with van der Waals surface area (Å²) in [6.45, 7) is 4.34. The predicted octanol–water partition coefficient (Wildman–Crippen LogP) is 3.28. The molecule has 0 saturated carbocycles. The molecule has 0 spiro atoms. The van der Waals surface area contributed by atoms with Gasteiger partial charge in [0.2, 0.25) is 12.7 Å². The molecule has 0 atom stereocenters. The van der Waals surface area contributed by atoms with Crippen LogP contribution in [0.2, 0.25) is 0 Å². The van der Waals surface area contributed by atoms with Gasteiger partial charge in [0.25, 0.3) is 0 Å². The molecule has 3 aliphatic rings. The molecule has 2 aromatic rings. The molecule has 0 radical (unpaired) electrons. The van der Waals surface area contributed by atoms with E-state index in [2.05, 4.69) is 10.2 Å². The van der Waals surface area contributed by atoms with Crippen molar-refractivity contribution >= 4 is 23.4 Å². The summed E-state index contributed by atoms with van der Waals surface area (Å²) in [5.74, 6) is 1.26. The zero-order valence-corrected chi connectivity index (χ0v) is 17.4. The monoisotopic (exact) mass is 423 g/mol. The highest BCUT2D eigenvalue weighted by Crippen LogP contribution is 2.35. The van der Waals surface area contributed by atoms with Gasteiger partial charge in [0, 0.05) is 36.4 Å². The topological polar surface area (TPSA) is 80.3 Å². The molecule has 5 rings (SSSR count). The van der Waals surface area contributed by atoms with Gasteiger partial charge in [-0.3, -0.25) is 14.6 Å². The lowest BCUT2D eigenvalue weighted by Gasteiger charge is -2.40. The van der Waals surface area contributed by atoms with Crippen LogP contribution in [-0.4, -0.2) is 49.4 Å². The summed E-state index contributed by atoms with van der Waals surface area (Å²) < 4.78 is 16.1. The lowest BCUT2D eigenvalue weighted by atomic mass is 9.99. The van der Waals surface area contributed by atoms with Gasteiger partial charge in [-0.05, 0) is 37.5 Å². The second kappa shape index (κ2) is 8.11. The first-order valence-corrected chi connectivity index (χ1v) is 10.5. The van der Waals surface area contributed by atoms with Crippen LogP contribution in [0.4, 0.5) is 16.2 Å². The molecule has 8 nitrogen and oxygen atoms in total. The number of cyclic esters (lactones) is 1. The van der Waals surface area contributed by atoms with Crippen LogP contribution in [-0.2, 0) is 16.1 Å². The van der Waals surface area contributed by atoms with E-state index in [1.54, 1.807) is 18.2 Å². The number of anilines is 2. The first kappa shape index (κ1) is 19.7. The Bertz CT molecular complexity index is 1020. The lowest BCUT2D eigenvalue weighted by molar-refractivity contribution is -0.117. The third-order valence-electron chi connectivity index (χ3n) is 6.06. The number of benzene rings is 2. The highest BCUT2D eigenvalue weighted by atomic mass is 16.7. The van der Waals surface area contributed by atoms with E-state index < -0.39 is 0 Å². The van der Waals surface area contributed by atoms with Crippen molar-refractivity contribution in [3.63, 3.8) is 0 Å². The van der Waals surface area contributed by atoms with E-state index >= 15 is 0 Å². The molecule has 1 fully saturated rings. The van der Waals surface area contributed by atoms with Crippen molar-refractivity contribution in [1.29, 1.82) is 0 Å². The largest absolute Gasteiger partial charge is 0.454 e. The molecule has 3 heterocycles. The van der Waals surface area contributed by atoms with Crippen molar-refractivity contribution in [1.82, 2.24) is 4.90 Å². The fourth-order valence-corrected chi connectivity index (χ4v) is 4.53. The molecule has 1 saturated heterocycles. The van der Waals surface area contributed by atoms with Gasteiger partial charge in [0.1, 0.15) is 6.61 Å². The molecule has 31 heavy (non-hydrogen) atoms. The van der Waals surface area contributed by atoms with E-state index in [-0.39, 0.29) is 24.8 Å². The van der Waals surface area contributed by atoms with E-state index in [0.29, 0.717) is 30.3 Å². The Labute approximate surface area is 180 Å². The van der Waals surface area contributed by atoms with E-state index in [0.717, 1.165) is 42.7 Å². The number of fused-ring (bicyclic) bond motifs is 2. The van der Waals surface area contributed by atoms with Gasteiger partial charge in [0.05, 0.1) is 12.2 Å². The Kier molecular flexibility index (Phi) is 5.15. The van der Waals surface area contributed by atoms with Crippen LogP contribution >= 0.6 is 0 Å². The standard InChI is InChI=1S/C23H25N3O5/c1-15-3-2-4-16-13-29-23(28)26(22(15)16)18-7-9-25(10-8-18)12-21(27)24-17-5-6-19-20(11-17)31-14-30-19/h2-6,11,18H,7-10,12-14H2,1H3,(H,24,27). The van der Waals surface area contributed by atoms with Gasteiger partial charge in [-0.1, -0.05) is 18.2 Å². The molecule has 2 aromatic carbocycles. The second-order valence-electron chi connectivity index (χ2n) is 8.13. The summed E-state index contributed by atoms with van der Waals surface area (Å²) >= 11 is 0. The average molecular weight is 423 g/mol. The second-order valence-corrected chi connectivity index (χ2v) is 8.13. The van der Waals surface area contributed by atoms with Crippen molar-refractivity contribution in [3.05, 3.63) is 47.5 Å². The minimum Gasteiger partial charge on any atom is -0.454 e. The number of hydrogen-bond acceptors (Lipinski definition) is 6. The van der Waals surface area contributed by atoms with Crippen molar-refractivity contribution in [2.24, 2.45) is 0 Å². The highest BCUT2D eigenvalue weighted by Gasteiger charge is 2.35. The van der Waals surface area contributed by atoms with Crippen molar-refractivity contribution in [2.45, 2.75) is 32.4 Å². The van der Waals surface area contributed by atoms with E-state index in [1.165, 1.54) is 0 Å². The number of ether oxygens (including phenoxy) is 3. The summed E-state index contributed by atoms with van der Waals surface area (Å²) in [6, 6.07) is 11.5. The number of para-hydroxylation sites is 1. The quantitative estimate of drug-likeness (QED) is 0.813. The van der Waals surface area contributed by atoms with E-state index in [1.807, 2.05) is 30.0 Å². The molecular weight excluding hydrogens is 398 g/mol. The van der Waals surface area contributed by atoms with Crippen LogP contribution in [0.1, 0.15) is 24.0 Å². The number of nitrogens with one attached hydrogen (secondary N) is 1. The third-order valence-corrected chi connectivity index (χ3v) is 6.06. The van der Waals surface area contributed by atoms with Gasteiger partial charge >= 0.3 is 6.09 Å². The number of rotatable bonds is 4. The van der Waals surface area contributed by atoms with Crippen LogP contribution in [0, 0.1) is 6.92 Å². The maximum atomic E-state index is 12.6. The number of hydrogen-bond donors (Lipinski definition) is 1. The summed E-state index contributed by atoms with van der Waals surface area (Å²) in [6.07, 6.45) is 1.31. The average Bonchev–Trinajstić information content (AvgIpc) is 3.23. The van der Waals surface area contributed by atoms with Gasteiger partial charge in [-0.2, -0.15) is 0 Å². The number of carbonyl (C=O) groups is 2. The zero-order chi connectivity index (χ0) is 21.4. The fraction of sp³-hybridized carbons (Fsp3) is 0.391. The first-order valence-electron chi connectivity index (χ1n) is 10.5. The zero-order valence-electron chi connectivity index (χ0n) is 17.4. The molecule has 0 bridgehead atoms. The normalized spacial score (nSPS) is 18.5. The van der Waals surface area contributed by atoms with Gasteiger partial charge in [0.15, 0.2) is 11.5 Å². The van der Waals surface area contributed by atoms with E-state index in [9.17, 15) is 9.59 Å². The van der Waals surface area contributed by atoms with Crippen molar-refractivity contribution < 1.29 is 23.8 Å². The van der Waals surface area contributed by atoms with Gasteiger partial charge < -0.3 is 19.5 Å². The number of piperidine rings is 1. The predicted molar refractivity (Wildman–Crippen MR) is 114 cm³/mol. The van der Waals surface area contributed by atoms with Crippen molar-refractivity contribution in [2.75, 3.05) is 36.6 Å². The minimum atomic E-state index is -0.277. The Morgan fingerprint density at radius 1 is 1.10 bits per heavy atom. The summed E-state index contributed by atoms with van der Waals surface area (Å²) in [4.78, 5) is 29.0. The third kappa shape index (κ3) is 3.90. The van der Waals surface area contributed by atoms with Crippen LogP contribution in [0.25, 0.3) is 0 Å². The first-order chi connectivity index (χ1) is 15.1. The number of likely N-dealkylation sites (tertiary alicyclic amines) is 1. The number of aryl methyl sites for hydroxylation is 1. The molecule has 162 valence electrons. The Morgan fingerprint density at radius 2 is 1.90 bits per heavy atom. The Hall–Kier alpha value is -3.26. The molecule has 3 aliphatic heterocycles. The SMILES string of the molecule is Cc1cccc2c1N(C1CCN(CC(=O)Nc3ccc4c(c3)OCO4)CC1)C(=O)OC2. The Balaban J connectivity index is 1.18. The molecule has 2 amide bonds.